The van der Waals surface area contributed by atoms with Crippen LogP contribution in [0.15, 0.2) is 29.2 Å². The summed E-state index contributed by atoms with van der Waals surface area (Å²) in [6.45, 7) is 1.89. The molecule has 0 spiro atoms. The highest BCUT2D eigenvalue weighted by Gasteiger charge is 2.19. The summed E-state index contributed by atoms with van der Waals surface area (Å²) in [5, 5.41) is 4.01. The number of ether oxygens (including phenoxy) is 1. The van der Waals surface area contributed by atoms with Gasteiger partial charge in [0.05, 0.1) is 6.54 Å². The summed E-state index contributed by atoms with van der Waals surface area (Å²) < 4.78 is 5.71. The molecule has 104 valence electrons. The third kappa shape index (κ3) is 2.80. The fraction of sp³-hybridized carbons (Fsp3) is 0.357. The van der Waals surface area contributed by atoms with Crippen LogP contribution in [0, 0.1) is 0 Å². The Bertz CT molecular complexity index is 586. The third-order valence-electron chi connectivity index (χ3n) is 3.23. The van der Waals surface area contributed by atoms with Crippen LogP contribution in [-0.4, -0.2) is 40.5 Å². The van der Waals surface area contributed by atoms with Crippen molar-refractivity contribution in [2.24, 2.45) is 0 Å². The van der Waals surface area contributed by atoms with Crippen LogP contribution in [0.2, 0.25) is 0 Å². The van der Waals surface area contributed by atoms with Crippen molar-refractivity contribution in [1.29, 1.82) is 0 Å². The second-order valence-corrected chi connectivity index (χ2v) is 5.33. The first-order valence-electron chi connectivity index (χ1n) is 6.59. The summed E-state index contributed by atoms with van der Waals surface area (Å²) in [6.07, 6.45) is 4.88. The van der Waals surface area contributed by atoms with Crippen LogP contribution in [0.25, 0.3) is 11.3 Å². The number of rotatable bonds is 5. The largest absolute Gasteiger partial charge is 0.474 e. The van der Waals surface area contributed by atoms with Crippen LogP contribution in [0.5, 0.6) is 5.88 Å². The van der Waals surface area contributed by atoms with E-state index in [1.807, 2.05) is 21.7 Å². The minimum Gasteiger partial charge on any atom is -0.474 e. The van der Waals surface area contributed by atoms with Crippen molar-refractivity contribution >= 4 is 17.2 Å². The highest BCUT2D eigenvalue weighted by molar-refractivity contribution is 7.08. The van der Waals surface area contributed by atoms with E-state index in [0.29, 0.717) is 25.5 Å². The molecule has 1 amide bonds. The first-order chi connectivity index (χ1) is 9.84. The van der Waals surface area contributed by atoms with Crippen LogP contribution in [0.3, 0.4) is 0 Å². The van der Waals surface area contributed by atoms with E-state index in [0.717, 1.165) is 24.2 Å². The Morgan fingerprint density at radius 2 is 2.25 bits per heavy atom. The van der Waals surface area contributed by atoms with Crippen molar-refractivity contribution in [3.8, 4) is 17.1 Å². The number of thiophene rings is 1. The van der Waals surface area contributed by atoms with E-state index in [1.165, 1.54) is 0 Å². The van der Waals surface area contributed by atoms with Crippen molar-refractivity contribution in [3.05, 3.63) is 29.2 Å². The van der Waals surface area contributed by atoms with E-state index in [9.17, 15) is 4.79 Å². The molecular weight excluding hydrogens is 274 g/mol. The number of aromatic nitrogens is 2. The van der Waals surface area contributed by atoms with Gasteiger partial charge in [-0.05, 0) is 17.9 Å². The van der Waals surface area contributed by atoms with E-state index >= 15 is 0 Å². The molecule has 1 saturated heterocycles. The van der Waals surface area contributed by atoms with Gasteiger partial charge in [0, 0.05) is 36.3 Å². The van der Waals surface area contributed by atoms with Gasteiger partial charge in [0.25, 0.3) is 0 Å². The van der Waals surface area contributed by atoms with Crippen molar-refractivity contribution in [1.82, 2.24) is 14.9 Å². The van der Waals surface area contributed by atoms with E-state index < -0.39 is 0 Å². The standard InChI is InChI=1S/C14H15N3O2S/c18-12-2-1-6-17(12)7-8-19-14-13(15-4-5-16-14)11-3-9-20-10-11/h3-5,9-10H,1-2,6-8H2. The van der Waals surface area contributed by atoms with Gasteiger partial charge in [-0.1, -0.05) is 0 Å². The SMILES string of the molecule is O=C1CCCN1CCOc1nccnc1-c1ccsc1. The predicted molar refractivity (Wildman–Crippen MR) is 76.7 cm³/mol. The lowest BCUT2D eigenvalue weighted by atomic mass is 10.2. The smallest absolute Gasteiger partial charge is 0.240 e. The first-order valence-corrected chi connectivity index (χ1v) is 7.53. The number of likely N-dealkylation sites (tertiary alicyclic amines) is 1. The molecule has 0 bridgehead atoms. The Balaban J connectivity index is 1.64. The number of amides is 1. The molecule has 0 saturated carbocycles. The molecule has 2 aromatic heterocycles. The molecule has 0 aliphatic carbocycles. The zero-order chi connectivity index (χ0) is 13.8. The van der Waals surface area contributed by atoms with Crippen LogP contribution in [0.1, 0.15) is 12.8 Å². The van der Waals surface area contributed by atoms with Crippen molar-refractivity contribution in [2.75, 3.05) is 19.7 Å². The summed E-state index contributed by atoms with van der Waals surface area (Å²) in [4.78, 5) is 21.9. The van der Waals surface area contributed by atoms with E-state index in [-0.39, 0.29) is 5.91 Å². The van der Waals surface area contributed by atoms with Crippen LogP contribution in [-0.2, 0) is 4.79 Å². The lowest BCUT2D eigenvalue weighted by Gasteiger charge is -2.16. The molecule has 3 heterocycles. The van der Waals surface area contributed by atoms with E-state index in [4.69, 9.17) is 4.74 Å². The van der Waals surface area contributed by atoms with E-state index in [2.05, 4.69) is 9.97 Å². The number of nitrogens with zero attached hydrogens (tertiary/aromatic N) is 3. The maximum Gasteiger partial charge on any atom is 0.240 e. The summed E-state index contributed by atoms with van der Waals surface area (Å²) in [5.41, 5.74) is 1.76. The Hall–Kier alpha value is -1.95. The van der Waals surface area contributed by atoms with E-state index in [1.54, 1.807) is 23.7 Å². The molecule has 6 heteroatoms. The highest BCUT2D eigenvalue weighted by atomic mass is 32.1. The van der Waals surface area contributed by atoms with Gasteiger partial charge in [-0.3, -0.25) is 4.79 Å². The summed E-state index contributed by atoms with van der Waals surface area (Å²) in [6, 6.07) is 1.99. The molecule has 0 unspecified atom stereocenters. The van der Waals surface area contributed by atoms with Gasteiger partial charge in [-0.15, -0.1) is 0 Å². The molecule has 1 aliphatic heterocycles. The molecule has 5 nitrogen and oxygen atoms in total. The molecule has 0 atom stereocenters. The fourth-order valence-electron chi connectivity index (χ4n) is 2.22. The molecule has 0 radical (unpaired) electrons. The van der Waals surface area contributed by atoms with Gasteiger partial charge < -0.3 is 9.64 Å². The maximum absolute atomic E-state index is 11.5. The van der Waals surface area contributed by atoms with Crippen LogP contribution in [0.4, 0.5) is 0 Å². The van der Waals surface area contributed by atoms with Gasteiger partial charge in [0.15, 0.2) is 0 Å². The Morgan fingerprint density at radius 3 is 3.00 bits per heavy atom. The average Bonchev–Trinajstić information content (AvgIpc) is 3.12. The Labute approximate surface area is 121 Å². The lowest BCUT2D eigenvalue weighted by Crippen LogP contribution is -2.29. The van der Waals surface area contributed by atoms with Gasteiger partial charge in [-0.25, -0.2) is 9.97 Å². The first kappa shape index (κ1) is 13.1. The number of carbonyl (C=O) groups excluding carboxylic acids is 1. The van der Waals surface area contributed by atoms with Crippen molar-refractivity contribution in [2.45, 2.75) is 12.8 Å². The minimum absolute atomic E-state index is 0.214. The second-order valence-electron chi connectivity index (χ2n) is 4.55. The quantitative estimate of drug-likeness (QED) is 0.847. The predicted octanol–water partition coefficient (Wildman–Crippen LogP) is 2.21. The van der Waals surface area contributed by atoms with Gasteiger partial charge >= 0.3 is 0 Å². The lowest BCUT2D eigenvalue weighted by molar-refractivity contribution is -0.128. The topological polar surface area (TPSA) is 55.3 Å². The molecule has 0 N–H and O–H groups in total. The van der Waals surface area contributed by atoms with Gasteiger partial charge in [-0.2, -0.15) is 11.3 Å². The molecule has 3 rings (SSSR count). The van der Waals surface area contributed by atoms with Gasteiger partial charge in [0.2, 0.25) is 11.8 Å². The Morgan fingerprint density at radius 1 is 1.35 bits per heavy atom. The number of hydrogen-bond acceptors (Lipinski definition) is 5. The molecule has 1 aliphatic rings. The molecule has 1 fully saturated rings. The fourth-order valence-corrected chi connectivity index (χ4v) is 2.86. The number of hydrogen-bond donors (Lipinski definition) is 0. The monoisotopic (exact) mass is 289 g/mol. The number of carbonyl (C=O) groups is 1. The zero-order valence-corrected chi connectivity index (χ0v) is 11.8. The summed E-state index contributed by atoms with van der Waals surface area (Å²) >= 11 is 1.61. The normalized spacial score (nSPS) is 14.8. The molecular formula is C14H15N3O2S. The summed E-state index contributed by atoms with van der Waals surface area (Å²) in [5.74, 6) is 0.739. The average molecular weight is 289 g/mol. The third-order valence-corrected chi connectivity index (χ3v) is 3.91. The van der Waals surface area contributed by atoms with Crippen molar-refractivity contribution in [3.63, 3.8) is 0 Å². The molecule has 2 aromatic rings. The summed E-state index contributed by atoms with van der Waals surface area (Å²) in [7, 11) is 0. The van der Waals surface area contributed by atoms with Crippen LogP contribution < -0.4 is 4.74 Å². The zero-order valence-electron chi connectivity index (χ0n) is 11.0. The Kier molecular flexibility index (Phi) is 3.92. The van der Waals surface area contributed by atoms with Crippen molar-refractivity contribution < 1.29 is 9.53 Å². The highest BCUT2D eigenvalue weighted by Crippen LogP contribution is 2.27. The molecule has 0 aromatic carbocycles. The minimum atomic E-state index is 0.214. The van der Waals surface area contributed by atoms with Gasteiger partial charge in [0.1, 0.15) is 12.3 Å². The maximum atomic E-state index is 11.5. The molecule has 20 heavy (non-hydrogen) atoms. The second kappa shape index (κ2) is 6.00. The van der Waals surface area contributed by atoms with Crippen LogP contribution >= 0.6 is 11.3 Å².